The van der Waals surface area contributed by atoms with E-state index in [4.69, 9.17) is 10.8 Å². The van der Waals surface area contributed by atoms with Gasteiger partial charge in [-0.25, -0.2) is 0 Å². The molecule has 0 spiro atoms. The molecule has 0 bridgehead atoms. The number of carbonyl (C=O) groups excluding carboxylic acids is 1. The highest BCUT2D eigenvalue weighted by molar-refractivity contribution is 5.99. The number of anilines is 1. The molecule has 0 unspecified atom stereocenters. The van der Waals surface area contributed by atoms with Crippen molar-refractivity contribution in [3.63, 3.8) is 0 Å². The van der Waals surface area contributed by atoms with Gasteiger partial charge in [-0.05, 0) is 19.1 Å². The van der Waals surface area contributed by atoms with Crippen molar-refractivity contribution in [1.82, 2.24) is 4.90 Å². The largest absolute Gasteiger partial charge is 0.398 e. The number of nitrogens with two attached hydrogens (primary N) is 1. The van der Waals surface area contributed by atoms with E-state index in [1.165, 1.54) is 0 Å². The van der Waals surface area contributed by atoms with E-state index in [0.717, 1.165) is 5.56 Å². The number of hydrogen-bond acceptors (Lipinski definition) is 3. The van der Waals surface area contributed by atoms with Crippen molar-refractivity contribution >= 4 is 11.6 Å². The van der Waals surface area contributed by atoms with E-state index in [9.17, 15) is 4.79 Å². The number of β-amino-alcohol motifs (C(OH)–C–C–N with tert-alkyl or cyclic N) is 1. The quantitative estimate of drug-likeness (QED) is 0.653. The molecule has 1 saturated heterocycles. The Kier molecular flexibility index (Phi) is 2.36. The summed E-state index contributed by atoms with van der Waals surface area (Å²) in [6.07, 6.45) is -0.375. The van der Waals surface area contributed by atoms with Gasteiger partial charge >= 0.3 is 0 Å². The van der Waals surface area contributed by atoms with Gasteiger partial charge in [0.15, 0.2) is 0 Å². The summed E-state index contributed by atoms with van der Waals surface area (Å²) in [5, 5.41) is 9.11. The molecule has 0 radical (unpaired) electrons. The molecular formula is C11H14N2O2. The number of nitrogen functional groups attached to an aromatic ring is 1. The summed E-state index contributed by atoms with van der Waals surface area (Å²) in [5.41, 5.74) is 7.76. The normalized spacial score (nSPS) is 16.3. The lowest BCUT2D eigenvalue weighted by molar-refractivity contribution is 0.00596. The Morgan fingerprint density at radius 3 is 2.80 bits per heavy atom. The van der Waals surface area contributed by atoms with Crippen LogP contribution in [0.15, 0.2) is 18.2 Å². The van der Waals surface area contributed by atoms with Crippen LogP contribution in [0.25, 0.3) is 0 Å². The summed E-state index contributed by atoms with van der Waals surface area (Å²) < 4.78 is 0. The van der Waals surface area contributed by atoms with Crippen molar-refractivity contribution in [2.24, 2.45) is 0 Å². The van der Waals surface area contributed by atoms with Crippen LogP contribution in [-0.4, -0.2) is 35.1 Å². The first-order valence-corrected chi connectivity index (χ1v) is 4.91. The van der Waals surface area contributed by atoms with E-state index in [0.29, 0.717) is 24.3 Å². The predicted molar refractivity (Wildman–Crippen MR) is 57.5 cm³/mol. The number of benzene rings is 1. The fraction of sp³-hybridized carbons (Fsp3) is 0.364. The second-order valence-electron chi connectivity index (χ2n) is 3.95. The van der Waals surface area contributed by atoms with Crippen LogP contribution in [-0.2, 0) is 0 Å². The van der Waals surface area contributed by atoms with Gasteiger partial charge in [0.25, 0.3) is 5.91 Å². The molecule has 1 amide bonds. The lowest BCUT2D eigenvalue weighted by Crippen LogP contribution is -2.53. The Bertz CT molecular complexity index is 398. The van der Waals surface area contributed by atoms with E-state index in [2.05, 4.69) is 0 Å². The van der Waals surface area contributed by atoms with Gasteiger partial charge < -0.3 is 15.7 Å². The van der Waals surface area contributed by atoms with Crippen molar-refractivity contribution in [2.75, 3.05) is 18.8 Å². The van der Waals surface area contributed by atoms with Gasteiger partial charge in [0.05, 0.1) is 11.7 Å². The maximum atomic E-state index is 11.9. The van der Waals surface area contributed by atoms with Gasteiger partial charge in [-0.2, -0.15) is 0 Å². The van der Waals surface area contributed by atoms with Crippen LogP contribution < -0.4 is 5.73 Å². The SMILES string of the molecule is Cc1ccc(N)c(C(=O)N2CC(O)C2)c1. The molecule has 0 aromatic heterocycles. The van der Waals surface area contributed by atoms with Crippen LogP contribution in [0.3, 0.4) is 0 Å². The number of likely N-dealkylation sites (tertiary alicyclic amines) is 1. The highest BCUT2D eigenvalue weighted by Crippen LogP contribution is 2.19. The first kappa shape index (κ1) is 9.98. The van der Waals surface area contributed by atoms with E-state index < -0.39 is 0 Å². The number of hydrogen-bond donors (Lipinski definition) is 2. The average molecular weight is 206 g/mol. The van der Waals surface area contributed by atoms with Crippen LogP contribution >= 0.6 is 0 Å². The molecule has 4 nitrogen and oxygen atoms in total. The van der Waals surface area contributed by atoms with Gasteiger partial charge in [0, 0.05) is 18.8 Å². The predicted octanol–water partition coefficient (Wildman–Crippen LogP) is 0.394. The molecule has 1 fully saturated rings. The molecule has 3 N–H and O–H groups in total. The number of aliphatic hydroxyl groups is 1. The monoisotopic (exact) mass is 206 g/mol. The Labute approximate surface area is 88.3 Å². The van der Waals surface area contributed by atoms with E-state index in [-0.39, 0.29) is 12.0 Å². The highest BCUT2D eigenvalue weighted by atomic mass is 16.3. The zero-order valence-electron chi connectivity index (χ0n) is 8.60. The molecule has 1 aliphatic rings. The van der Waals surface area contributed by atoms with Crippen LogP contribution in [0, 0.1) is 6.92 Å². The number of rotatable bonds is 1. The average Bonchev–Trinajstić information content (AvgIpc) is 2.16. The van der Waals surface area contributed by atoms with Crippen molar-refractivity contribution in [1.29, 1.82) is 0 Å². The summed E-state index contributed by atoms with van der Waals surface area (Å²) in [7, 11) is 0. The zero-order chi connectivity index (χ0) is 11.0. The van der Waals surface area contributed by atoms with Gasteiger partial charge in [0.2, 0.25) is 0 Å². The molecule has 1 aromatic carbocycles. The molecule has 15 heavy (non-hydrogen) atoms. The van der Waals surface area contributed by atoms with Crippen LogP contribution in [0.4, 0.5) is 5.69 Å². The van der Waals surface area contributed by atoms with Crippen LogP contribution in [0.5, 0.6) is 0 Å². The molecule has 1 heterocycles. The molecular weight excluding hydrogens is 192 g/mol. The van der Waals surface area contributed by atoms with Crippen molar-refractivity contribution in [2.45, 2.75) is 13.0 Å². The number of aryl methyl sites for hydroxylation is 1. The minimum Gasteiger partial charge on any atom is -0.398 e. The topological polar surface area (TPSA) is 66.6 Å². The van der Waals surface area contributed by atoms with Crippen LogP contribution in [0.2, 0.25) is 0 Å². The molecule has 0 aliphatic carbocycles. The first-order valence-electron chi connectivity index (χ1n) is 4.91. The van der Waals surface area contributed by atoms with Crippen molar-refractivity contribution < 1.29 is 9.90 Å². The maximum Gasteiger partial charge on any atom is 0.256 e. The molecule has 4 heteroatoms. The second-order valence-corrected chi connectivity index (χ2v) is 3.95. The minimum atomic E-state index is -0.375. The Balaban J connectivity index is 2.22. The van der Waals surface area contributed by atoms with E-state index in [1.54, 1.807) is 17.0 Å². The zero-order valence-corrected chi connectivity index (χ0v) is 8.60. The summed E-state index contributed by atoms with van der Waals surface area (Å²) >= 11 is 0. The van der Waals surface area contributed by atoms with Crippen molar-refractivity contribution in [3.8, 4) is 0 Å². The summed E-state index contributed by atoms with van der Waals surface area (Å²) in [6, 6.07) is 5.39. The molecule has 1 aromatic rings. The standard InChI is InChI=1S/C11H14N2O2/c1-7-2-3-10(12)9(4-7)11(15)13-5-8(14)6-13/h2-4,8,14H,5-6,12H2,1H3. The van der Waals surface area contributed by atoms with Gasteiger partial charge in [-0.15, -0.1) is 0 Å². The first-order chi connectivity index (χ1) is 7.08. The smallest absolute Gasteiger partial charge is 0.256 e. The fourth-order valence-electron chi connectivity index (χ4n) is 1.65. The second kappa shape index (κ2) is 3.55. The molecule has 1 aliphatic heterocycles. The van der Waals surface area contributed by atoms with Gasteiger partial charge in [0.1, 0.15) is 0 Å². The number of aliphatic hydroxyl groups excluding tert-OH is 1. The molecule has 0 saturated carbocycles. The van der Waals surface area contributed by atoms with Crippen LogP contribution in [0.1, 0.15) is 15.9 Å². The Morgan fingerprint density at radius 1 is 1.53 bits per heavy atom. The fourth-order valence-corrected chi connectivity index (χ4v) is 1.65. The lowest BCUT2D eigenvalue weighted by atomic mass is 10.1. The number of nitrogens with zero attached hydrogens (tertiary/aromatic N) is 1. The third-order valence-electron chi connectivity index (χ3n) is 2.59. The Hall–Kier alpha value is -1.55. The number of carbonyl (C=O) groups is 1. The minimum absolute atomic E-state index is 0.0958. The van der Waals surface area contributed by atoms with Gasteiger partial charge in [-0.3, -0.25) is 4.79 Å². The molecule has 2 rings (SSSR count). The Morgan fingerprint density at radius 2 is 2.20 bits per heavy atom. The number of amides is 1. The summed E-state index contributed by atoms with van der Waals surface area (Å²) in [5.74, 6) is -0.0958. The lowest BCUT2D eigenvalue weighted by Gasteiger charge is -2.36. The van der Waals surface area contributed by atoms with E-state index in [1.807, 2.05) is 13.0 Å². The third kappa shape index (κ3) is 1.80. The van der Waals surface area contributed by atoms with E-state index >= 15 is 0 Å². The molecule has 0 atom stereocenters. The summed E-state index contributed by atoms with van der Waals surface area (Å²) in [6.45, 7) is 2.74. The highest BCUT2D eigenvalue weighted by Gasteiger charge is 2.30. The van der Waals surface area contributed by atoms with Crippen molar-refractivity contribution in [3.05, 3.63) is 29.3 Å². The third-order valence-corrected chi connectivity index (χ3v) is 2.59. The summed E-state index contributed by atoms with van der Waals surface area (Å²) in [4.78, 5) is 13.5. The maximum absolute atomic E-state index is 11.9. The molecule has 80 valence electrons. The van der Waals surface area contributed by atoms with Gasteiger partial charge in [-0.1, -0.05) is 11.6 Å².